The Labute approximate surface area is 92.6 Å². The number of carbonyl (C=O) groups is 2. The van der Waals surface area contributed by atoms with Gasteiger partial charge in [-0.2, -0.15) is 9.92 Å². The summed E-state index contributed by atoms with van der Waals surface area (Å²) in [5.41, 5.74) is 13.5. The van der Waals surface area contributed by atoms with Crippen LogP contribution in [-0.2, 0) is 9.59 Å². The van der Waals surface area contributed by atoms with Gasteiger partial charge in [-0.25, -0.2) is 9.59 Å². The van der Waals surface area contributed by atoms with Crippen LogP contribution in [0.25, 0.3) is 10.4 Å². The number of hydrogen-bond donors (Lipinski definition) is 2. The predicted molar refractivity (Wildman–Crippen MR) is 56.0 cm³/mol. The average molecular weight is 229 g/mol. The van der Waals surface area contributed by atoms with Gasteiger partial charge in [0.1, 0.15) is 0 Å². The van der Waals surface area contributed by atoms with Gasteiger partial charge in [-0.15, -0.1) is 5.53 Å². The molecule has 1 atom stereocenters. The first-order chi connectivity index (χ1) is 7.54. The zero-order valence-electron chi connectivity index (χ0n) is 9.04. The van der Waals surface area contributed by atoms with Crippen molar-refractivity contribution in [1.82, 2.24) is 5.01 Å². The van der Waals surface area contributed by atoms with Crippen LogP contribution in [0.2, 0.25) is 0 Å². The molecule has 0 aromatic carbocycles. The molecule has 90 valence electrons. The summed E-state index contributed by atoms with van der Waals surface area (Å²) in [7, 11) is 0. The molecule has 0 aromatic heterocycles. The Bertz CT molecular complexity index is 298. The molecule has 0 saturated heterocycles. The molecule has 8 heteroatoms. The second-order valence-corrected chi connectivity index (χ2v) is 3.18. The van der Waals surface area contributed by atoms with Crippen molar-refractivity contribution in [3.05, 3.63) is 10.4 Å². The van der Waals surface area contributed by atoms with Crippen LogP contribution in [0.4, 0.5) is 0 Å². The van der Waals surface area contributed by atoms with Crippen molar-refractivity contribution in [1.29, 1.82) is 0 Å². The van der Waals surface area contributed by atoms with E-state index in [-0.39, 0.29) is 6.42 Å². The molecule has 0 bridgehead atoms. The van der Waals surface area contributed by atoms with Crippen molar-refractivity contribution in [2.75, 3.05) is 6.54 Å². The third kappa shape index (κ3) is 4.63. The van der Waals surface area contributed by atoms with Gasteiger partial charge >= 0.3 is 11.9 Å². The lowest BCUT2D eigenvalue weighted by molar-refractivity contribution is -0.150. The summed E-state index contributed by atoms with van der Waals surface area (Å²) in [6.45, 7) is 1.60. The minimum atomic E-state index is -1.19. The van der Waals surface area contributed by atoms with Crippen LogP contribution in [-0.4, -0.2) is 34.6 Å². The van der Waals surface area contributed by atoms with E-state index in [1.165, 1.54) is 0 Å². The quantitative estimate of drug-likeness (QED) is 0.218. The van der Waals surface area contributed by atoms with Crippen LogP contribution in [0.3, 0.4) is 0 Å². The molecule has 0 rings (SSSR count). The number of carboxylic acids is 1. The largest absolute Gasteiger partial charge is 0.478 e. The number of nitrogens with zero attached hydrogens (tertiary/aromatic N) is 4. The van der Waals surface area contributed by atoms with Crippen LogP contribution in [0.1, 0.15) is 26.2 Å². The Morgan fingerprint density at radius 1 is 1.56 bits per heavy atom. The molecule has 0 spiro atoms. The number of nitrogens with two attached hydrogens (primary N) is 1. The van der Waals surface area contributed by atoms with E-state index in [1.54, 1.807) is 0 Å². The van der Waals surface area contributed by atoms with Crippen LogP contribution in [0, 0.1) is 0 Å². The van der Waals surface area contributed by atoms with E-state index < -0.39 is 17.9 Å². The van der Waals surface area contributed by atoms with E-state index in [4.69, 9.17) is 16.4 Å². The minimum absolute atomic E-state index is 0.213. The Morgan fingerprint density at radius 3 is 2.56 bits per heavy atom. The molecule has 0 aliphatic carbocycles. The van der Waals surface area contributed by atoms with E-state index in [9.17, 15) is 9.59 Å². The Kier molecular flexibility index (Phi) is 6.66. The highest BCUT2D eigenvalue weighted by molar-refractivity contribution is 5.81. The Balaban J connectivity index is 4.64. The molecular formula is C8H15N5O3. The second-order valence-electron chi connectivity index (χ2n) is 3.18. The lowest BCUT2D eigenvalue weighted by atomic mass is 10.1. The standard InChI is InChI=1S/C8H15N5O3/c1-6(14)13(12-11-10)7(8(15)16)4-2-3-5-9/h7H,2-5,9H2,1H3,(H,15,16). The lowest BCUT2D eigenvalue weighted by Gasteiger charge is -2.17. The van der Waals surface area contributed by atoms with Gasteiger partial charge in [0, 0.05) is 6.92 Å². The van der Waals surface area contributed by atoms with Gasteiger partial charge in [0.2, 0.25) is 6.04 Å². The van der Waals surface area contributed by atoms with E-state index in [2.05, 4.69) is 10.1 Å². The van der Waals surface area contributed by atoms with E-state index in [0.29, 0.717) is 24.4 Å². The zero-order chi connectivity index (χ0) is 12.6. The van der Waals surface area contributed by atoms with Gasteiger partial charge in [0.25, 0.3) is 0 Å². The first-order valence-corrected chi connectivity index (χ1v) is 4.82. The van der Waals surface area contributed by atoms with E-state index in [0.717, 1.165) is 6.92 Å². The fourth-order valence-corrected chi connectivity index (χ4v) is 1.22. The van der Waals surface area contributed by atoms with Crippen molar-refractivity contribution in [3.8, 4) is 0 Å². The fraction of sp³-hybridized carbons (Fsp3) is 0.750. The van der Waals surface area contributed by atoms with Crippen molar-refractivity contribution in [3.63, 3.8) is 0 Å². The maximum atomic E-state index is 11.1. The molecule has 8 nitrogen and oxygen atoms in total. The van der Waals surface area contributed by atoms with Crippen LogP contribution in [0.5, 0.6) is 0 Å². The topological polar surface area (TPSA) is 132 Å². The van der Waals surface area contributed by atoms with Crippen molar-refractivity contribution >= 4 is 11.9 Å². The number of amides is 1. The Morgan fingerprint density at radius 2 is 2.19 bits per heavy atom. The van der Waals surface area contributed by atoms with E-state index in [1.807, 2.05) is 0 Å². The van der Waals surface area contributed by atoms with Crippen LogP contribution >= 0.6 is 0 Å². The fourth-order valence-electron chi connectivity index (χ4n) is 1.22. The molecule has 0 radical (unpaired) electrons. The summed E-state index contributed by atoms with van der Waals surface area (Å²) >= 11 is 0. The number of aliphatic carboxylic acids is 1. The third-order valence-corrected chi connectivity index (χ3v) is 1.97. The highest BCUT2D eigenvalue weighted by Gasteiger charge is 2.30. The number of azide groups is 1. The number of carboxylic acid groups (broad SMARTS) is 1. The van der Waals surface area contributed by atoms with E-state index >= 15 is 0 Å². The summed E-state index contributed by atoms with van der Waals surface area (Å²) in [6, 6.07) is -1.13. The van der Waals surface area contributed by atoms with Gasteiger partial charge in [-0.1, -0.05) is 0 Å². The second kappa shape index (κ2) is 7.49. The zero-order valence-corrected chi connectivity index (χ0v) is 9.04. The highest BCUT2D eigenvalue weighted by Crippen LogP contribution is 2.10. The van der Waals surface area contributed by atoms with Gasteiger partial charge in [0.05, 0.1) is 0 Å². The third-order valence-electron chi connectivity index (χ3n) is 1.97. The number of hydrogen-bond acceptors (Lipinski definition) is 4. The molecule has 0 fully saturated rings. The maximum absolute atomic E-state index is 11.1. The molecule has 0 aliphatic heterocycles. The van der Waals surface area contributed by atoms with Gasteiger partial charge in [0.15, 0.2) is 0 Å². The minimum Gasteiger partial charge on any atom is -0.478 e. The van der Waals surface area contributed by atoms with Crippen LogP contribution < -0.4 is 5.73 Å². The SMILES string of the molecule is CC(=O)N(N=[N+]=[N-])C(CCCCN)C(=O)O. The number of carbonyl (C=O) groups excluding carboxylic acids is 1. The lowest BCUT2D eigenvalue weighted by Crippen LogP contribution is -2.40. The highest BCUT2D eigenvalue weighted by atomic mass is 16.4. The van der Waals surface area contributed by atoms with Crippen molar-refractivity contribution in [2.45, 2.75) is 32.2 Å². The summed E-state index contributed by atoms with van der Waals surface area (Å²) in [4.78, 5) is 24.4. The average Bonchev–Trinajstić information content (AvgIpc) is 2.21. The molecule has 1 unspecified atom stereocenters. The van der Waals surface area contributed by atoms with Crippen LogP contribution in [0.15, 0.2) is 5.22 Å². The molecule has 0 saturated carbocycles. The summed E-state index contributed by atoms with van der Waals surface area (Å²) in [6.07, 6.45) is 1.43. The Hall–Kier alpha value is -1.79. The summed E-state index contributed by atoms with van der Waals surface area (Å²) in [5.74, 6) is -1.79. The number of unbranched alkanes of at least 4 members (excludes halogenated alkanes) is 1. The van der Waals surface area contributed by atoms with Gasteiger partial charge in [-0.05, 0) is 31.0 Å². The smallest absolute Gasteiger partial charge is 0.349 e. The normalized spacial score (nSPS) is 11.4. The summed E-state index contributed by atoms with van der Waals surface area (Å²) in [5, 5.41) is 12.6. The van der Waals surface area contributed by atoms with Gasteiger partial charge < -0.3 is 10.8 Å². The van der Waals surface area contributed by atoms with Gasteiger partial charge in [-0.3, -0.25) is 0 Å². The number of rotatable bonds is 7. The monoisotopic (exact) mass is 229 g/mol. The van der Waals surface area contributed by atoms with Crippen molar-refractivity contribution < 1.29 is 14.7 Å². The summed E-state index contributed by atoms with van der Waals surface area (Å²) < 4.78 is 0. The molecule has 16 heavy (non-hydrogen) atoms. The maximum Gasteiger partial charge on any atom is 0.349 e. The first-order valence-electron chi connectivity index (χ1n) is 4.82. The van der Waals surface area contributed by atoms with Crippen molar-refractivity contribution in [2.24, 2.45) is 11.0 Å². The predicted octanol–water partition coefficient (Wildman–Crippen LogP) is 0.642. The molecule has 0 aliphatic rings. The molecular weight excluding hydrogens is 214 g/mol. The molecule has 1 amide bonds. The first kappa shape index (κ1) is 14.2. The molecule has 0 heterocycles. The molecule has 3 N–H and O–H groups in total. The molecule has 0 aromatic rings.